The number of fused-ring (bicyclic) bond motifs is 1. The Kier molecular flexibility index (Phi) is 8.13. The van der Waals surface area contributed by atoms with Crippen molar-refractivity contribution in [2.45, 2.75) is 66.0 Å². The summed E-state index contributed by atoms with van der Waals surface area (Å²) in [7, 11) is 0. The highest BCUT2D eigenvalue weighted by molar-refractivity contribution is 6.33. The van der Waals surface area contributed by atoms with Crippen molar-refractivity contribution < 1.29 is 9.59 Å². The van der Waals surface area contributed by atoms with Gasteiger partial charge >= 0.3 is 0 Å². The molecular weight excluding hydrogens is 412 g/mol. The first-order chi connectivity index (χ1) is 14.9. The van der Waals surface area contributed by atoms with Crippen molar-refractivity contribution in [1.82, 2.24) is 14.7 Å². The molecule has 1 aliphatic rings. The number of rotatable bonds is 3. The minimum Gasteiger partial charge on any atom is -0.333 e. The van der Waals surface area contributed by atoms with E-state index in [9.17, 15) is 9.59 Å². The fourth-order valence-electron chi connectivity index (χ4n) is 4.09. The molecule has 0 spiro atoms. The van der Waals surface area contributed by atoms with Crippen LogP contribution in [0.2, 0.25) is 5.02 Å². The lowest BCUT2D eigenvalue weighted by molar-refractivity contribution is -0.121. The highest BCUT2D eigenvalue weighted by atomic mass is 35.5. The predicted octanol–water partition coefficient (Wildman–Crippen LogP) is 5.15. The highest BCUT2D eigenvalue weighted by Crippen LogP contribution is 2.27. The van der Waals surface area contributed by atoms with Crippen molar-refractivity contribution in [3.8, 4) is 0 Å². The summed E-state index contributed by atoms with van der Waals surface area (Å²) >= 11 is 6.33. The summed E-state index contributed by atoms with van der Waals surface area (Å²) in [5, 5.41) is 4.61. The Bertz CT molecular complexity index is 909. The van der Waals surface area contributed by atoms with Gasteiger partial charge < -0.3 is 9.80 Å². The van der Waals surface area contributed by atoms with Crippen LogP contribution in [0, 0.1) is 5.92 Å². The summed E-state index contributed by atoms with van der Waals surface area (Å²) in [6.45, 7) is 8.18. The van der Waals surface area contributed by atoms with Gasteiger partial charge in [0.15, 0.2) is 0 Å². The standard InChI is InChI=1S/C24H33ClN4O2/c1-4-29-22(20(25)16-26-29)24(31)27-14-10-6-5-7-11-15-28(23(30)18(2)3)21-13-9-8-12-19(21)17-27/h8-9,12-13,16,18H,4-7,10-11,14-15,17H2,1-3H3. The van der Waals surface area contributed by atoms with Crippen molar-refractivity contribution in [2.75, 3.05) is 18.0 Å². The van der Waals surface area contributed by atoms with Crippen molar-refractivity contribution in [3.63, 3.8) is 0 Å². The molecule has 31 heavy (non-hydrogen) atoms. The van der Waals surface area contributed by atoms with Crippen molar-refractivity contribution in [2.24, 2.45) is 5.92 Å². The topological polar surface area (TPSA) is 58.4 Å². The van der Waals surface area contributed by atoms with E-state index in [0.717, 1.165) is 43.4 Å². The summed E-state index contributed by atoms with van der Waals surface area (Å²) in [6.07, 6.45) is 6.70. The predicted molar refractivity (Wildman–Crippen MR) is 124 cm³/mol. The summed E-state index contributed by atoms with van der Waals surface area (Å²) in [5.41, 5.74) is 2.31. The van der Waals surface area contributed by atoms with E-state index in [1.54, 1.807) is 4.68 Å². The lowest BCUT2D eigenvalue weighted by Crippen LogP contribution is -2.38. The smallest absolute Gasteiger partial charge is 0.273 e. The SMILES string of the molecule is CCn1ncc(Cl)c1C(=O)N1CCCCCCCN(C(=O)C(C)C)c2ccccc2C1. The number of hydrogen-bond donors (Lipinski definition) is 0. The second kappa shape index (κ2) is 10.8. The second-order valence-corrected chi connectivity index (χ2v) is 8.83. The third-order valence-electron chi connectivity index (χ3n) is 5.80. The molecule has 0 aliphatic carbocycles. The molecule has 6 nitrogen and oxygen atoms in total. The first-order valence-corrected chi connectivity index (χ1v) is 11.7. The Morgan fingerprint density at radius 3 is 2.45 bits per heavy atom. The number of carbonyl (C=O) groups excluding carboxylic acids is 2. The van der Waals surface area contributed by atoms with Crippen LogP contribution < -0.4 is 4.90 Å². The molecule has 7 heteroatoms. The number of halogens is 1. The zero-order valence-electron chi connectivity index (χ0n) is 18.8. The van der Waals surface area contributed by atoms with Crippen LogP contribution in [-0.2, 0) is 17.9 Å². The van der Waals surface area contributed by atoms with E-state index < -0.39 is 0 Å². The molecule has 2 aromatic rings. The Morgan fingerprint density at radius 1 is 1.06 bits per heavy atom. The number of amides is 2. The van der Waals surface area contributed by atoms with Gasteiger partial charge in [0.05, 0.1) is 11.2 Å². The van der Waals surface area contributed by atoms with Crippen molar-refractivity contribution in [1.29, 1.82) is 0 Å². The summed E-state index contributed by atoms with van der Waals surface area (Å²) in [5.74, 6) is -0.0798. The fraction of sp³-hybridized carbons (Fsp3) is 0.542. The maximum absolute atomic E-state index is 13.5. The van der Waals surface area contributed by atoms with Gasteiger partial charge in [-0.25, -0.2) is 0 Å². The zero-order valence-corrected chi connectivity index (χ0v) is 19.6. The number of anilines is 1. The third-order valence-corrected chi connectivity index (χ3v) is 6.07. The van der Waals surface area contributed by atoms with Gasteiger partial charge in [0.25, 0.3) is 5.91 Å². The minimum atomic E-state index is -0.113. The molecule has 0 atom stereocenters. The molecule has 1 aliphatic heterocycles. The van der Waals surface area contributed by atoms with Crippen molar-refractivity contribution >= 4 is 29.1 Å². The summed E-state index contributed by atoms with van der Waals surface area (Å²) < 4.78 is 1.65. The minimum absolute atomic E-state index is 0.0867. The fourth-order valence-corrected chi connectivity index (χ4v) is 4.32. The van der Waals surface area contributed by atoms with E-state index in [4.69, 9.17) is 11.6 Å². The number of carbonyl (C=O) groups is 2. The maximum atomic E-state index is 13.5. The van der Waals surface area contributed by atoms with E-state index in [1.807, 2.05) is 54.8 Å². The number of nitrogens with zero attached hydrogens (tertiary/aromatic N) is 4. The molecule has 1 aromatic carbocycles. The van der Waals surface area contributed by atoms with Gasteiger partial charge in [-0.05, 0) is 31.4 Å². The first-order valence-electron chi connectivity index (χ1n) is 11.3. The average molecular weight is 445 g/mol. The van der Waals surface area contributed by atoms with Gasteiger partial charge in [-0.2, -0.15) is 5.10 Å². The molecule has 0 bridgehead atoms. The van der Waals surface area contributed by atoms with Gasteiger partial charge in [0.1, 0.15) is 5.69 Å². The number of aryl methyl sites for hydroxylation is 1. The third kappa shape index (κ3) is 5.48. The molecule has 3 rings (SSSR count). The Morgan fingerprint density at radius 2 is 1.74 bits per heavy atom. The zero-order chi connectivity index (χ0) is 22.4. The van der Waals surface area contributed by atoms with Gasteiger partial charge in [0, 0.05) is 37.8 Å². The Labute approximate surface area is 190 Å². The Balaban J connectivity index is 1.99. The molecule has 0 fully saturated rings. The number of para-hydroxylation sites is 1. The average Bonchev–Trinajstić information content (AvgIpc) is 3.13. The van der Waals surface area contributed by atoms with Gasteiger partial charge in [0.2, 0.25) is 5.91 Å². The van der Waals surface area contributed by atoms with E-state index in [-0.39, 0.29) is 17.7 Å². The van der Waals surface area contributed by atoms with E-state index >= 15 is 0 Å². The molecule has 2 amide bonds. The normalized spacial score (nSPS) is 15.9. The molecular formula is C24H33ClN4O2. The van der Waals surface area contributed by atoms with Crippen LogP contribution in [0.5, 0.6) is 0 Å². The lowest BCUT2D eigenvalue weighted by Gasteiger charge is -2.30. The van der Waals surface area contributed by atoms with Crippen LogP contribution >= 0.6 is 11.6 Å². The molecule has 1 aromatic heterocycles. The van der Waals surface area contributed by atoms with E-state index in [0.29, 0.717) is 36.9 Å². The van der Waals surface area contributed by atoms with Crippen molar-refractivity contribution in [3.05, 3.63) is 46.7 Å². The number of benzene rings is 1. The van der Waals surface area contributed by atoms with Crippen LogP contribution in [-0.4, -0.2) is 39.6 Å². The largest absolute Gasteiger partial charge is 0.333 e. The van der Waals surface area contributed by atoms with Gasteiger partial charge in [-0.3, -0.25) is 14.3 Å². The second-order valence-electron chi connectivity index (χ2n) is 8.42. The molecule has 2 heterocycles. The number of aromatic nitrogens is 2. The molecule has 0 unspecified atom stereocenters. The summed E-state index contributed by atoms with van der Waals surface area (Å²) in [6, 6.07) is 7.93. The van der Waals surface area contributed by atoms with Gasteiger partial charge in [-0.15, -0.1) is 0 Å². The van der Waals surface area contributed by atoms with E-state index in [1.165, 1.54) is 6.20 Å². The van der Waals surface area contributed by atoms with Crippen LogP contribution in [0.25, 0.3) is 0 Å². The quantitative estimate of drug-likeness (QED) is 0.657. The van der Waals surface area contributed by atoms with Crippen LogP contribution in [0.4, 0.5) is 5.69 Å². The maximum Gasteiger partial charge on any atom is 0.273 e. The van der Waals surface area contributed by atoms with E-state index in [2.05, 4.69) is 5.10 Å². The molecule has 168 valence electrons. The first kappa shape index (κ1) is 23.3. The molecule has 0 radical (unpaired) electrons. The molecule has 0 saturated carbocycles. The number of hydrogen-bond acceptors (Lipinski definition) is 3. The van der Waals surface area contributed by atoms with Crippen LogP contribution in [0.15, 0.2) is 30.5 Å². The molecule has 0 N–H and O–H groups in total. The van der Waals surface area contributed by atoms with Crippen LogP contribution in [0.1, 0.15) is 68.9 Å². The van der Waals surface area contributed by atoms with Gasteiger partial charge in [-0.1, -0.05) is 62.9 Å². The Hall–Kier alpha value is -2.34. The lowest BCUT2D eigenvalue weighted by atomic mass is 10.0. The van der Waals surface area contributed by atoms with Crippen LogP contribution in [0.3, 0.4) is 0 Å². The molecule has 0 saturated heterocycles. The summed E-state index contributed by atoms with van der Waals surface area (Å²) in [4.78, 5) is 30.3. The highest BCUT2D eigenvalue weighted by Gasteiger charge is 2.26. The monoisotopic (exact) mass is 444 g/mol.